The number of hydrogen-bond donors (Lipinski definition) is 0. The molecule has 0 atom stereocenters. The van der Waals surface area contributed by atoms with Crippen molar-refractivity contribution in [1.29, 1.82) is 0 Å². The third kappa shape index (κ3) is 1.31. The number of rotatable bonds is 1. The van der Waals surface area contributed by atoms with E-state index in [1.807, 2.05) is 19.1 Å². The maximum atomic E-state index is 3.85. The van der Waals surface area contributed by atoms with E-state index in [0.717, 1.165) is 4.88 Å². The zero-order chi connectivity index (χ0) is 8.39. The number of aromatic nitrogens is 4. The van der Waals surface area contributed by atoms with Gasteiger partial charge in [0.1, 0.15) is 0 Å². The lowest BCUT2D eigenvalue weighted by Crippen LogP contribution is -1.91. The van der Waals surface area contributed by atoms with Crippen LogP contribution in [0.4, 0.5) is 0 Å². The smallest absolute Gasteiger partial charge is 0.137 e. The molecular formula is C7H6N4S. The second-order valence-electron chi connectivity index (χ2n) is 2.28. The molecule has 5 heteroatoms. The van der Waals surface area contributed by atoms with Gasteiger partial charge in [-0.2, -0.15) is 0 Å². The summed E-state index contributed by atoms with van der Waals surface area (Å²) in [6.45, 7) is 2.04. The molecule has 4 nitrogen and oxygen atoms in total. The van der Waals surface area contributed by atoms with E-state index in [4.69, 9.17) is 0 Å². The second kappa shape index (κ2) is 2.94. The van der Waals surface area contributed by atoms with Gasteiger partial charge in [0.15, 0.2) is 6.33 Å². The van der Waals surface area contributed by atoms with Gasteiger partial charge in [-0.05, 0) is 19.1 Å². The Balaban J connectivity index is 2.45. The predicted octanol–water partition coefficient (Wildman–Crippen LogP) is 1.30. The van der Waals surface area contributed by atoms with Crippen LogP contribution >= 0.6 is 11.3 Å². The van der Waals surface area contributed by atoms with Gasteiger partial charge in [-0.3, -0.25) is 0 Å². The maximum Gasteiger partial charge on any atom is 0.213 e. The van der Waals surface area contributed by atoms with E-state index < -0.39 is 0 Å². The van der Waals surface area contributed by atoms with E-state index in [-0.39, 0.29) is 0 Å². The molecule has 12 heavy (non-hydrogen) atoms. The second-order valence-corrected chi connectivity index (χ2v) is 3.57. The Bertz CT molecular complexity index is 370. The van der Waals surface area contributed by atoms with E-state index in [1.165, 1.54) is 11.2 Å². The van der Waals surface area contributed by atoms with Crippen LogP contribution in [0.2, 0.25) is 0 Å². The van der Waals surface area contributed by atoms with Crippen molar-refractivity contribution in [2.75, 3.05) is 0 Å². The van der Waals surface area contributed by atoms with Gasteiger partial charge in [-0.15, -0.1) is 31.7 Å². The Hall–Kier alpha value is -1.36. The van der Waals surface area contributed by atoms with Crippen LogP contribution in [0.1, 0.15) is 4.88 Å². The van der Waals surface area contributed by atoms with Gasteiger partial charge in [-0.1, -0.05) is 0 Å². The monoisotopic (exact) mass is 178 g/mol. The van der Waals surface area contributed by atoms with Gasteiger partial charge in [0.25, 0.3) is 0 Å². The molecule has 0 bridgehead atoms. The van der Waals surface area contributed by atoms with Gasteiger partial charge in [0.2, 0.25) is 5.82 Å². The minimum atomic E-state index is 0.593. The highest BCUT2D eigenvalue weighted by Gasteiger charge is 2.02. The largest absolute Gasteiger partial charge is 0.213 e. The van der Waals surface area contributed by atoms with E-state index in [1.54, 1.807) is 11.3 Å². The first-order valence-electron chi connectivity index (χ1n) is 3.43. The van der Waals surface area contributed by atoms with Crippen LogP contribution in [0, 0.1) is 6.92 Å². The zero-order valence-electron chi connectivity index (χ0n) is 6.43. The highest BCUT2D eigenvalue weighted by atomic mass is 32.1. The molecule has 0 aliphatic rings. The summed E-state index contributed by atoms with van der Waals surface area (Å²) in [5, 5.41) is 15.0. The van der Waals surface area contributed by atoms with E-state index in [0.29, 0.717) is 5.82 Å². The molecule has 2 aromatic rings. The number of thiophene rings is 1. The first kappa shape index (κ1) is 7.30. The molecule has 0 saturated carbocycles. The maximum absolute atomic E-state index is 3.85. The molecule has 2 rings (SSSR count). The lowest BCUT2D eigenvalue weighted by molar-refractivity contribution is 0.867. The average molecular weight is 178 g/mol. The highest BCUT2D eigenvalue weighted by molar-refractivity contribution is 7.15. The van der Waals surface area contributed by atoms with Crippen LogP contribution < -0.4 is 0 Å². The fraction of sp³-hybridized carbons (Fsp3) is 0.143. The molecule has 0 radical (unpaired) electrons. The average Bonchev–Trinajstić information content (AvgIpc) is 2.54. The molecule has 0 aliphatic carbocycles. The minimum absolute atomic E-state index is 0.593. The third-order valence-corrected chi connectivity index (χ3v) is 2.37. The van der Waals surface area contributed by atoms with Gasteiger partial charge >= 0.3 is 0 Å². The first-order valence-corrected chi connectivity index (χ1v) is 4.25. The summed E-state index contributed by atoms with van der Waals surface area (Å²) in [5.74, 6) is 0.593. The molecule has 2 aromatic heterocycles. The van der Waals surface area contributed by atoms with Crippen LogP contribution in [0.25, 0.3) is 10.7 Å². The summed E-state index contributed by atoms with van der Waals surface area (Å²) < 4.78 is 0. The third-order valence-electron chi connectivity index (χ3n) is 1.37. The minimum Gasteiger partial charge on any atom is -0.137 e. The van der Waals surface area contributed by atoms with E-state index >= 15 is 0 Å². The zero-order valence-corrected chi connectivity index (χ0v) is 7.25. The van der Waals surface area contributed by atoms with Crippen molar-refractivity contribution in [2.24, 2.45) is 0 Å². The fourth-order valence-corrected chi connectivity index (χ4v) is 1.65. The summed E-state index contributed by atoms with van der Waals surface area (Å²) in [6, 6.07) is 4.00. The van der Waals surface area contributed by atoms with Crippen molar-refractivity contribution in [2.45, 2.75) is 6.92 Å². The lowest BCUT2D eigenvalue weighted by atomic mass is 10.4. The predicted molar refractivity (Wildman–Crippen MR) is 45.7 cm³/mol. The molecule has 0 aromatic carbocycles. The quantitative estimate of drug-likeness (QED) is 0.660. The number of hydrogen-bond acceptors (Lipinski definition) is 5. The van der Waals surface area contributed by atoms with Crippen molar-refractivity contribution < 1.29 is 0 Å². The molecule has 60 valence electrons. The summed E-state index contributed by atoms with van der Waals surface area (Å²) in [7, 11) is 0. The van der Waals surface area contributed by atoms with Gasteiger partial charge in [-0.25, -0.2) is 0 Å². The molecular weight excluding hydrogens is 172 g/mol. The standard InChI is InChI=1S/C7H6N4S/c1-5-2-3-6(12-5)7-10-8-4-9-11-7/h2-4H,1H3. The molecule has 2 heterocycles. The lowest BCUT2D eigenvalue weighted by Gasteiger charge is -1.88. The van der Waals surface area contributed by atoms with Gasteiger partial charge < -0.3 is 0 Å². The normalized spacial score (nSPS) is 10.1. The Kier molecular flexibility index (Phi) is 1.79. The molecule has 0 aliphatic heterocycles. The Labute approximate surface area is 73.3 Å². The Morgan fingerprint density at radius 1 is 1.17 bits per heavy atom. The number of nitrogens with zero attached hydrogens (tertiary/aromatic N) is 4. The molecule has 0 unspecified atom stereocenters. The molecule has 0 spiro atoms. The Morgan fingerprint density at radius 2 is 1.92 bits per heavy atom. The fourth-order valence-electron chi connectivity index (χ4n) is 0.857. The van der Waals surface area contributed by atoms with Crippen LogP contribution in [-0.2, 0) is 0 Å². The van der Waals surface area contributed by atoms with Crippen LogP contribution in [0.3, 0.4) is 0 Å². The molecule has 0 fully saturated rings. The van der Waals surface area contributed by atoms with Gasteiger partial charge in [0.05, 0.1) is 4.88 Å². The summed E-state index contributed by atoms with van der Waals surface area (Å²) in [4.78, 5) is 2.24. The molecule has 0 N–H and O–H groups in total. The van der Waals surface area contributed by atoms with Gasteiger partial charge in [0, 0.05) is 4.88 Å². The van der Waals surface area contributed by atoms with Crippen LogP contribution in [0.15, 0.2) is 18.5 Å². The first-order chi connectivity index (χ1) is 5.86. The van der Waals surface area contributed by atoms with E-state index in [9.17, 15) is 0 Å². The summed E-state index contributed by atoms with van der Waals surface area (Å²) >= 11 is 1.64. The molecule has 0 amide bonds. The summed E-state index contributed by atoms with van der Waals surface area (Å²) in [5.41, 5.74) is 0. The van der Waals surface area contributed by atoms with Crippen molar-refractivity contribution in [1.82, 2.24) is 20.4 Å². The van der Waals surface area contributed by atoms with Crippen molar-refractivity contribution in [3.8, 4) is 10.7 Å². The van der Waals surface area contributed by atoms with Crippen molar-refractivity contribution in [3.05, 3.63) is 23.3 Å². The van der Waals surface area contributed by atoms with Crippen molar-refractivity contribution in [3.63, 3.8) is 0 Å². The van der Waals surface area contributed by atoms with E-state index in [2.05, 4.69) is 20.4 Å². The molecule has 0 saturated heterocycles. The Morgan fingerprint density at radius 3 is 2.50 bits per heavy atom. The number of aryl methyl sites for hydroxylation is 1. The summed E-state index contributed by atoms with van der Waals surface area (Å²) in [6.07, 6.45) is 1.32. The highest BCUT2D eigenvalue weighted by Crippen LogP contribution is 2.22. The topological polar surface area (TPSA) is 51.6 Å². The van der Waals surface area contributed by atoms with Crippen LogP contribution in [-0.4, -0.2) is 20.4 Å². The SMILES string of the molecule is Cc1ccc(-c2nncnn2)s1. The van der Waals surface area contributed by atoms with Crippen LogP contribution in [0.5, 0.6) is 0 Å². The van der Waals surface area contributed by atoms with Crippen molar-refractivity contribution >= 4 is 11.3 Å².